The van der Waals surface area contributed by atoms with Gasteiger partial charge in [-0.25, -0.2) is 0 Å². The molecule has 1 amide bonds. The highest BCUT2D eigenvalue weighted by Crippen LogP contribution is 2.27. The second kappa shape index (κ2) is 7.68. The molecule has 1 aromatic rings. The van der Waals surface area contributed by atoms with Crippen molar-refractivity contribution in [2.45, 2.75) is 19.8 Å². The van der Waals surface area contributed by atoms with Crippen molar-refractivity contribution in [3.8, 4) is 11.5 Å². The van der Waals surface area contributed by atoms with Gasteiger partial charge in [0.2, 0.25) is 0 Å². The van der Waals surface area contributed by atoms with Crippen molar-refractivity contribution in [3.05, 3.63) is 24.3 Å². The smallest absolute Gasteiger partial charge is 0.260 e. The minimum Gasteiger partial charge on any atom is -0.494 e. The third kappa shape index (κ3) is 4.16. The zero-order chi connectivity index (χ0) is 16.1. The SMILES string of the molecule is CCOc1ccc(OCC(=O)N2CC[C@@H]3CNC[C@@H]3CC2)cc1. The lowest BCUT2D eigenvalue weighted by Gasteiger charge is -2.21. The predicted octanol–water partition coefficient (Wildman–Crippen LogP) is 1.92. The summed E-state index contributed by atoms with van der Waals surface area (Å²) in [5.74, 6) is 3.09. The maximum atomic E-state index is 12.4. The molecule has 126 valence electrons. The number of hydrogen-bond donors (Lipinski definition) is 1. The third-order valence-corrected chi connectivity index (χ3v) is 4.87. The number of likely N-dealkylation sites (tertiary alicyclic amines) is 1. The average Bonchev–Trinajstić information content (AvgIpc) is 2.93. The Kier molecular flexibility index (Phi) is 5.39. The van der Waals surface area contributed by atoms with Crippen molar-refractivity contribution < 1.29 is 14.3 Å². The van der Waals surface area contributed by atoms with Gasteiger partial charge in [0.05, 0.1) is 6.61 Å². The summed E-state index contributed by atoms with van der Waals surface area (Å²) in [6.07, 6.45) is 2.21. The van der Waals surface area contributed by atoms with Crippen LogP contribution in [0.4, 0.5) is 0 Å². The molecule has 3 rings (SSSR count). The van der Waals surface area contributed by atoms with Gasteiger partial charge in [0.25, 0.3) is 5.91 Å². The molecule has 5 nitrogen and oxygen atoms in total. The van der Waals surface area contributed by atoms with Gasteiger partial charge < -0.3 is 19.7 Å². The number of hydrogen-bond acceptors (Lipinski definition) is 4. The van der Waals surface area contributed by atoms with E-state index >= 15 is 0 Å². The minimum absolute atomic E-state index is 0.0896. The van der Waals surface area contributed by atoms with Crippen molar-refractivity contribution in [1.82, 2.24) is 10.2 Å². The zero-order valence-corrected chi connectivity index (χ0v) is 13.8. The highest BCUT2D eigenvalue weighted by atomic mass is 16.5. The Morgan fingerprint density at radius 3 is 2.22 bits per heavy atom. The number of fused-ring (bicyclic) bond motifs is 1. The summed E-state index contributed by atoms with van der Waals surface area (Å²) in [5, 5.41) is 3.46. The predicted molar refractivity (Wildman–Crippen MR) is 88.8 cm³/mol. The van der Waals surface area contributed by atoms with Crippen LogP contribution in [0.1, 0.15) is 19.8 Å². The largest absolute Gasteiger partial charge is 0.494 e. The summed E-state index contributed by atoms with van der Waals surface area (Å²) in [6.45, 7) is 6.63. The number of benzene rings is 1. The summed E-state index contributed by atoms with van der Waals surface area (Å²) < 4.78 is 11.0. The number of carbonyl (C=O) groups is 1. The first-order chi connectivity index (χ1) is 11.3. The minimum atomic E-state index is 0.0896. The van der Waals surface area contributed by atoms with Crippen molar-refractivity contribution >= 4 is 5.91 Å². The van der Waals surface area contributed by atoms with Crippen LogP contribution < -0.4 is 14.8 Å². The molecule has 0 saturated carbocycles. The second-order valence-corrected chi connectivity index (χ2v) is 6.33. The van der Waals surface area contributed by atoms with Gasteiger partial charge in [0.15, 0.2) is 6.61 Å². The molecule has 23 heavy (non-hydrogen) atoms. The summed E-state index contributed by atoms with van der Waals surface area (Å²) in [7, 11) is 0. The van der Waals surface area contributed by atoms with E-state index in [2.05, 4.69) is 5.32 Å². The maximum Gasteiger partial charge on any atom is 0.260 e. The molecule has 2 fully saturated rings. The molecule has 5 heteroatoms. The van der Waals surface area contributed by atoms with Gasteiger partial charge in [-0.15, -0.1) is 0 Å². The average molecular weight is 318 g/mol. The van der Waals surface area contributed by atoms with E-state index in [-0.39, 0.29) is 12.5 Å². The molecule has 0 aliphatic carbocycles. The number of rotatable bonds is 5. The standard InChI is InChI=1S/C18H26N2O3/c1-2-22-16-3-5-17(6-4-16)23-13-18(21)20-9-7-14-11-19-12-15(14)8-10-20/h3-6,14-15,19H,2,7-13H2,1H3/t14-,15+. The fraction of sp³-hybridized carbons (Fsp3) is 0.611. The molecular formula is C18H26N2O3. The van der Waals surface area contributed by atoms with E-state index in [1.807, 2.05) is 36.1 Å². The highest BCUT2D eigenvalue weighted by Gasteiger charge is 2.31. The number of nitrogens with zero attached hydrogens (tertiary/aromatic N) is 1. The molecule has 0 spiro atoms. The lowest BCUT2D eigenvalue weighted by Crippen LogP contribution is -2.36. The fourth-order valence-corrected chi connectivity index (χ4v) is 3.50. The van der Waals surface area contributed by atoms with E-state index in [1.165, 1.54) is 0 Å². The molecule has 0 radical (unpaired) electrons. The lowest BCUT2D eigenvalue weighted by molar-refractivity contribution is -0.133. The van der Waals surface area contributed by atoms with Crippen molar-refractivity contribution in [3.63, 3.8) is 0 Å². The summed E-state index contributed by atoms with van der Waals surface area (Å²) in [6, 6.07) is 7.42. The Morgan fingerprint density at radius 1 is 1.09 bits per heavy atom. The monoisotopic (exact) mass is 318 g/mol. The van der Waals surface area contributed by atoms with Crippen molar-refractivity contribution in [1.29, 1.82) is 0 Å². The first kappa shape index (κ1) is 16.1. The highest BCUT2D eigenvalue weighted by molar-refractivity contribution is 5.77. The molecule has 2 saturated heterocycles. The van der Waals surface area contributed by atoms with Gasteiger partial charge >= 0.3 is 0 Å². The summed E-state index contributed by atoms with van der Waals surface area (Å²) >= 11 is 0. The Hall–Kier alpha value is -1.75. The summed E-state index contributed by atoms with van der Waals surface area (Å²) in [4.78, 5) is 14.3. The fourth-order valence-electron chi connectivity index (χ4n) is 3.50. The van der Waals surface area contributed by atoms with Crippen LogP contribution in [0.3, 0.4) is 0 Å². The normalized spacial score (nSPS) is 24.0. The molecule has 2 atom stereocenters. The van der Waals surface area contributed by atoms with Crippen LogP contribution in [0.2, 0.25) is 0 Å². The number of nitrogens with one attached hydrogen (secondary N) is 1. The first-order valence-corrected chi connectivity index (χ1v) is 8.60. The molecule has 2 aliphatic heterocycles. The van der Waals surface area contributed by atoms with Crippen molar-refractivity contribution in [2.75, 3.05) is 39.4 Å². The Labute approximate surface area is 137 Å². The quantitative estimate of drug-likeness (QED) is 0.901. The van der Waals surface area contributed by atoms with E-state index in [9.17, 15) is 4.79 Å². The molecule has 0 aromatic heterocycles. The number of amides is 1. The van der Waals surface area contributed by atoms with Crippen LogP contribution in [0, 0.1) is 11.8 Å². The van der Waals surface area contributed by atoms with Gasteiger partial charge in [0, 0.05) is 13.1 Å². The Morgan fingerprint density at radius 2 is 1.65 bits per heavy atom. The van der Waals surface area contributed by atoms with E-state index in [0.29, 0.717) is 12.4 Å². The van der Waals surface area contributed by atoms with Gasteiger partial charge in [-0.05, 0) is 69.0 Å². The van der Waals surface area contributed by atoms with E-state index in [1.54, 1.807) is 0 Å². The molecule has 0 bridgehead atoms. The molecule has 2 heterocycles. The zero-order valence-electron chi connectivity index (χ0n) is 13.8. The topological polar surface area (TPSA) is 50.8 Å². The van der Waals surface area contributed by atoms with Crippen LogP contribution in [-0.4, -0.2) is 50.2 Å². The van der Waals surface area contributed by atoms with Gasteiger partial charge in [-0.2, -0.15) is 0 Å². The van der Waals surface area contributed by atoms with Crippen LogP contribution in [0.15, 0.2) is 24.3 Å². The van der Waals surface area contributed by atoms with Crippen LogP contribution in [0.25, 0.3) is 0 Å². The first-order valence-electron chi connectivity index (χ1n) is 8.60. The third-order valence-electron chi connectivity index (χ3n) is 4.87. The molecule has 0 unspecified atom stereocenters. The van der Waals surface area contributed by atoms with E-state index < -0.39 is 0 Å². The van der Waals surface area contributed by atoms with E-state index in [4.69, 9.17) is 9.47 Å². The van der Waals surface area contributed by atoms with Crippen LogP contribution >= 0.6 is 0 Å². The number of carbonyl (C=O) groups excluding carboxylic acids is 1. The van der Waals surface area contributed by atoms with Crippen LogP contribution in [-0.2, 0) is 4.79 Å². The molecule has 1 aromatic carbocycles. The van der Waals surface area contributed by atoms with E-state index in [0.717, 1.165) is 56.6 Å². The van der Waals surface area contributed by atoms with Crippen LogP contribution in [0.5, 0.6) is 11.5 Å². The summed E-state index contributed by atoms with van der Waals surface area (Å²) in [5.41, 5.74) is 0. The van der Waals surface area contributed by atoms with Gasteiger partial charge in [0.1, 0.15) is 11.5 Å². The Bertz CT molecular complexity index is 504. The van der Waals surface area contributed by atoms with Gasteiger partial charge in [-0.1, -0.05) is 0 Å². The molecule has 2 aliphatic rings. The second-order valence-electron chi connectivity index (χ2n) is 6.33. The Balaban J connectivity index is 1.47. The lowest BCUT2D eigenvalue weighted by atomic mass is 9.92. The van der Waals surface area contributed by atoms with Crippen molar-refractivity contribution in [2.24, 2.45) is 11.8 Å². The maximum absolute atomic E-state index is 12.4. The van der Waals surface area contributed by atoms with Gasteiger partial charge in [-0.3, -0.25) is 4.79 Å². The molecule has 1 N–H and O–H groups in total. The molecular weight excluding hydrogens is 292 g/mol. The number of ether oxygens (including phenoxy) is 2.